The zero-order chi connectivity index (χ0) is 12.9. The van der Waals surface area contributed by atoms with E-state index in [1.165, 1.54) is 6.42 Å². The summed E-state index contributed by atoms with van der Waals surface area (Å²) in [6.07, 6.45) is 3.33. The summed E-state index contributed by atoms with van der Waals surface area (Å²) in [5.74, 6) is -2.35. The topological polar surface area (TPSA) is 32.3 Å². The average Bonchev–Trinajstić information content (AvgIpc) is 2.58. The minimum atomic E-state index is -3.00. The Balaban J connectivity index is 2.01. The molecule has 2 N–H and O–H groups in total. The van der Waals surface area contributed by atoms with Gasteiger partial charge in [0, 0.05) is 6.04 Å². The summed E-state index contributed by atoms with van der Waals surface area (Å²) >= 11 is 0. The quantitative estimate of drug-likeness (QED) is 0.799. The maximum Gasteiger partial charge on any atom is 0.282 e. The van der Waals surface area contributed by atoms with E-state index in [9.17, 15) is 8.78 Å². The highest BCUT2D eigenvalue weighted by atomic mass is 19.3. The molecule has 0 aromatic rings. The van der Waals surface area contributed by atoms with E-state index in [0.717, 1.165) is 12.8 Å². The predicted molar refractivity (Wildman–Crippen MR) is 63.1 cm³/mol. The van der Waals surface area contributed by atoms with Gasteiger partial charge in [-0.15, -0.1) is 0 Å². The Morgan fingerprint density at radius 2 is 2.00 bits per heavy atom. The largest absolute Gasteiger partial charge is 0.390 e. The molecule has 0 aromatic heterocycles. The number of hydrogen-bond acceptors (Lipinski definition) is 2. The number of alkyl halides is 2. The Labute approximate surface area is 102 Å². The first kappa shape index (κ1) is 13.2. The molecule has 2 saturated carbocycles. The molecule has 3 unspecified atom stereocenters. The van der Waals surface area contributed by atoms with Crippen molar-refractivity contribution in [3.63, 3.8) is 0 Å². The third-order valence-electron chi connectivity index (χ3n) is 5.63. The number of aliphatic hydroxyl groups is 1. The van der Waals surface area contributed by atoms with Crippen LogP contribution in [0, 0.1) is 16.7 Å². The monoisotopic (exact) mass is 247 g/mol. The maximum absolute atomic E-state index is 13.1. The van der Waals surface area contributed by atoms with Gasteiger partial charge in [0.15, 0.2) is 0 Å². The van der Waals surface area contributed by atoms with Gasteiger partial charge in [-0.1, -0.05) is 20.8 Å². The van der Waals surface area contributed by atoms with Gasteiger partial charge in [0.25, 0.3) is 5.92 Å². The Kier molecular flexibility index (Phi) is 3.02. The van der Waals surface area contributed by atoms with E-state index >= 15 is 0 Å². The van der Waals surface area contributed by atoms with Crippen LogP contribution in [0.15, 0.2) is 0 Å². The van der Waals surface area contributed by atoms with Crippen molar-refractivity contribution < 1.29 is 13.9 Å². The van der Waals surface area contributed by atoms with Gasteiger partial charge in [0.1, 0.15) is 6.61 Å². The van der Waals surface area contributed by atoms with Crippen molar-refractivity contribution in [3.8, 4) is 0 Å². The first-order valence-corrected chi connectivity index (χ1v) is 6.45. The number of hydrogen-bond donors (Lipinski definition) is 2. The highest BCUT2D eigenvalue weighted by Gasteiger charge is 2.61. The lowest BCUT2D eigenvalue weighted by Crippen LogP contribution is -2.49. The second-order valence-electron chi connectivity index (χ2n) is 6.56. The van der Waals surface area contributed by atoms with E-state index in [1.807, 2.05) is 0 Å². The molecule has 2 fully saturated rings. The van der Waals surface area contributed by atoms with Crippen LogP contribution in [-0.2, 0) is 0 Å². The normalized spacial score (nSPS) is 39.9. The van der Waals surface area contributed by atoms with Gasteiger partial charge in [-0.3, -0.25) is 0 Å². The van der Waals surface area contributed by atoms with Gasteiger partial charge in [-0.05, 0) is 36.0 Å². The van der Waals surface area contributed by atoms with Crippen molar-refractivity contribution in [3.05, 3.63) is 0 Å². The third kappa shape index (κ3) is 1.89. The number of nitrogens with one attached hydrogen (secondary N) is 1. The molecular formula is C13H23F2NO. The van der Waals surface area contributed by atoms with Crippen LogP contribution < -0.4 is 5.32 Å². The lowest BCUT2D eigenvalue weighted by Gasteiger charge is -2.40. The number of aliphatic hydroxyl groups excluding tert-OH is 1. The van der Waals surface area contributed by atoms with Crippen molar-refractivity contribution in [2.75, 3.05) is 13.2 Å². The molecule has 4 heteroatoms. The molecule has 0 radical (unpaired) electrons. The molecule has 2 aliphatic carbocycles. The van der Waals surface area contributed by atoms with Gasteiger partial charge < -0.3 is 10.4 Å². The predicted octanol–water partition coefficient (Wildman–Crippen LogP) is 2.42. The smallest absolute Gasteiger partial charge is 0.282 e. The lowest BCUT2D eigenvalue weighted by molar-refractivity contribution is -0.0529. The van der Waals surface area contributed by atoms with Crippen molar-refractivity contribution >= 4 is 0 Å². The van der Waals surface area contributed by atoms with Gasteiger partial charge in [0.05, 0.1) is 6.54 Å². The molecule has 0 heterocycles. The fourth-order valence-electron chi connectivity index (χ4n) is 3.84. The van der Waals surface area contributed by atoms with E-state index in [-0.39, 0.29) is 16.9 Å². The van der Waals surface area contributed by atoms with Crippen molar-refractivity contribution in [2.24, 2.45) is 16.7 Å². The first-order chi connectivity index (χ1) is 7.73. The van der Waals surface area contributed by atoms with Crippen LogP contribution in [0.1, 0.15) is 40.0 Å². The minimum absolute atomic E-state index is 0.114. The summed E-state index contributed by atoms with van der Waals surface area (Å²) in [6, 6.07) is 0.161. The average molecular weight is 247 g/mol. The van der Waals surface area contributed by atoms with Crippen molar-refractivity contribution in [1.82, 2.24) is 5.32 Å². The zero-order valence-electron chi connectivity index (χ0n) is 10.9. The summed E-state index contributed by atoms with van der Waals surface area (Å²) in [7, 11) is 0. The molecule has 3 atom stereocenters. The van der Waals surface area contributed by atoms with Gasteiger partial charge in [0.2, 0.25) is 0 Å². The Morgan fingerprint density at radius 1 is 1.35 bits per heavy atom. The second kappa shape index (κ2) is 3.89. The Bertz CT molecular complexity index is 306. The van der Waals surface area contributed by atoms with Crippen LogP contribution >= 0.6 is 0 Å². The van der Waals surface area contributed by atoms with E-state index < -0.39 is 19.1 Å². The van der Waals surface area contributed by atoms with E-state index in [1.54, 1.807) is 0 Å². The molecule has 2 rings (SSSR count). The summed E-state index contributed by atoms with van der Waals surface area (Å²) in [4.78, 5) is 0. The fourth-order valence-corrected chi connectivity index (χ4v) is 3.84. The van der Waals surface area contributed by atoms with Crippen molar-refractivity contribution in [1.29, 1.82) is 0 Å². The molecule has 100 valence electrons. The molecule has 0 spiro atoms. The van der Waals surface area contributed by atoms with E-state index in [0.29, 0.717) is 5.92 Å². The summed E-state index contributed by atoms with van der Waals surface area (Å²) in [5, 5.41) is 11.6. The maximum atomic E-state index is 13.1. The molecule has 2 aliphatic rings. The minimum Gasteiger partial charge on any atom is -0.390 e. The van der Waals surface area contributed by atoms with Crippen LogP contribution in [0.4, 0.5) is 8.78 Å². The van der Waals surface area contributed by atoms with Crippen LogP contribution in [-0.4, -0.2) is 30.2 Å². The van der Waals surface area contributed by atoms with E-state index in [4.69, 9.17) is 5.11 Å². The molecular weight excluding hydrogens is 224 g/mol. The van der Waals surface area contributed by atoms with Gasteiger partial charge >= 0.3 is 0 Å². The molecule has 0 aromatic carbocycles. The zero-order valence-corrected chi connectivity index (χ0v) is 10.9. The standard InChI is InChI=1S/C13H23F2NO/c1-11(2)9-4-5-12(11,3)10(6-9)16-7-13(14,15)8-17/h9-10,16-17H,4-8H2,1-3H3. The highest BCUT2D eigenvalue weighted by Crippen LogP contribution is 2.65. The van der Waals surface area contributed by atoms with Crippen LogP contribution in [0.25, 0.3) is 0 Å². The Hall–Kier alpha value is -0.220. The number of fused-ring (bicyclic) bond motifs is 2. The number of halogens is 2. The molecule has 0 amide bonds. The molecule has 0 aliphatic heterocycles. The molecule has 17 heavy (non-hydrogen) atoms. The van der Waals surface area contributed by atoms with Gasteiger partial charge in [-0.2, -0.15) is 0 Å². The van der Waals surface area contributed by atoms with Crippen LogP contribution in [0.5, 0.6) is 0 Å². The summed E-state index contributed by atoms with van der Waals surface area (Å²) < 4.78 is 26.1. The molecule has 2 nitrogen and oxygen atoms in total. The van der Waals surface area contributed by atoms with Crippen LogP contribution in [0.3, 0.4) is 0 Å². The fraction of sp³-hybridized carbons (Fsp3) is 1.00. The van der Waals surface area contributed by atoms with E-state index in [2.05, 4.69) is 26.1 Å². The second-order valence-corrected chi connectivity index (χ2v) is 6.56. The van der Waals surface area contributed by atoms with Crippen molar-refractivity contribution in [2.45, 2.75) is 52.0 Å². The first-order valence-electron chi connectivity index (χ1n) is 6.45. The Morgan fingerprint density at radius 3 is 2.41 bits per heavy atom. The summed E-state index contributed by atoms with van der Waals surface area (Å²) in [5.41, 5.74) is 0.350. The number of rotatable bonds is 4. The van der Waals surface area contributed by atoms with Gasteiger partial charge in [-0.25, -0.2) is 8.78 Å². The summed E-state index contributed by atoms with van der Waals surface area (Å²) in [6.45, 7) is 5.25. The lowest BCUT2D eigenvalue weighted by atomic mass is 9.69. The molecule has 2 bridgehead atoms. The molecule has 0 saturated heterocycles. The SMILES string of the molecule is CC1(C)C2CCC1(C)C(NCC(F)(F)CO)C2. The highest BCUT2D eigenvalue weighted by molar-refractivity contribution is 5.13. The third-order valence-corrected chi connectivity index (χ3v) is 5.63. The van der Waals surface area contributed by atoms with Crippen LogP contribution in [0.2, 0.25) is 0 Å².